The Bertz CT molecular complexity index is 1730. The fourth-order valence-electron chi connectivity index (χ4n) is 7.94. The quantitative estimate of drug-likeness (QED) is 0.119. The lowest BCUT2D eigenvalue weighted by Crippen LogP contribution is -2.31. The Hall–Kier alpha value is -3.59. The number of halogens is 1. The van der Waals surface area contributed by atoms with E-state index in [2.05, 4.69) is 83.1 Å². The SMILES string of the molecule is Cc1cc(CN(CCC2CCCN2C)Cc2cccc(O)c2)cc(C)c1O.Cc1ccc(CN(CCC2CCCN2C)Cc2ccc(O)cc2Cl)cc1. The molecule has 53 heavy (non-hydrogen) atoms. The fourth-order valence-corrected chi connectivity index (χ4v) is 8.18. The van der Waals surface area contributed by atoms with Crippen molar-refractivity contribution < 1.29 is 15.3 Å². The van der Waals surface area contributed by atoms with Crippen LogP contribution in [0.3, 0.4) is 0 Å². The number of benzene rings is 4. The van der Waals surface area contributed by atoms with Crippen molar-refractivity contribution in [3.05, 3.63) is 123 Å². The van der Waals surface area contributed by atoms with Gasteiger partial charge in [0.1, 0.15) is 17.2 Å². The minimum atomic E-state index is 0.219. The van der Waals surface area contributed by atoms with E-state index in [-0.39, 0.29) is 5.75 Å². The number of hydrogen-bond acceptors (Lipinski definition) is 7. The van der Waals surface area contributed by atoms with Crippen molar-refractivity contribution in [2.75, 3.05) is 40.3 Å². The van der Waals surface area contributed by atoms with Gasteiger partial charge in [-0.2, -0.15) is 0 Å². The van der Waals surface area contributed by atoms with Gasteiger partial charge in [0.25, 0.3) is 0 Å². The van der Waals surface area contributed by atoms with Gasteiger partial charge in [0.15, 0.2) is 0 Å². The first-order chi connectivity index (χ1) is 25.4. The standard InChI is InChI=1S/C23H32N2O2.C22H29ClN2O/c1-17-12-20(13-18(2)23(17)27)16-25(11-9-21-7-5-10-24(21)3)15-19-6-4-8-22(26)14-19;1-17-5-7-18(8-6-17)15-25(13-11-20-4-3-12-24(20)2)16-19-9-10-21(26)14-22(19)23/h4,6,8,12-14,21,26-27H,5,7,9-11,15-16H2,1-3H3;5-10,14,20,26H,3-4,11-13,15-16H2,1-2H3. The van der Waals surface area contributed by atoms with Gasteiger partial charge in [-0.3, -0.25) is 9.80 Å². The van der Waals surface area contributed by atoms with Crippen LogP contribution in [0.4, 0.5) is 0 Å². The van der Waals surface area contributed by atoms with Crippen molar-refractivity contribution in [3.63, 3.8) is 0 Å². The lowest BCUT2D eigenvalue weighted by Gasteiger charge is -2.27. The van der Waals surface area contributed by atoms with Crippen molar-refractivity contribution in [3.8, 4) is 17.2 Å². The highest BCUT2D eigenvalue weighted by Crippen LogP contribution is 2.27. The predicted molar refractivity (Wildman–Crippen MR) is 219 cm³/mol. The Morgan fingerprint density at radius 1 is 0.623 bits per heavy atom. The largest absolute Gasteiger partial charge is 0.508 e. The Labute approximate surface area is 323 Å². The van der Waals surface area contributed by atoms with E-state index in [9.17, 15) is 15.3 Å². The van der Waals surface area contributed by atoms with E-state index in [1.54, 1.807) is 18.2 Å². The molecular formula is C45H61ClN4O3. The summed E-state index contributed by atoms with van der Waals surface area (Å²) in [5, 5.41) is 30.1. The van der Waals surface area contributed by atoms with E-state index < -0.39 is 0 Å². The van der Waals surface area contributed by atoms with Crippen LogP contribution >= 0.6 is 11.6 Å². The molecule has 2 fully saturated rings. The molecule has 4 aromatic rings. The molecule has 2 saturated heterocycles. The summed E-state index contributed by atoms with van der Waals surface area (Å²) < 4.78 is 0. The molecule has 2 unspecified atom stereocenters. The smallest absolute Gasteiger partial charge is 0.121 e. The van der Waals surface area contributed by atoms with E-state index in [4.69, 9.17) is 11.6 Å². The second-order valence-corrected chi connectivity index (χ2v) is 16.0. The molecule has 6 rings (SSSR count). The molecule has 0 spiro atoms. The maximum Gasteiger partial charge on any atom is 0.121 e. The Morgan fingerprint density at radius 3 is 1.72 bits per heavy atom. The predicted octanol–water partition coefficient (Wildman–Crippen LogP) is 9.04. The average molecular weight is 741 g/mol. The maximum absolute atomic E-state index is 10.1. The van der Waals surface area contributed by atoms with E-state index in [0.29, 0.717) is 28.6 Å². The lowest BCUT2D eigenvalue weighted by molar-refractivity contribution is 0.211. The zero-order valence-corrected chi connectivity index (χ0v) is 33.3. The van der Waals surface area contributed by atoms with E-state index in [0.717, 1.165) is 67.9 Å². The number of rotatable bonds is 14. The summed E-state index contributed by atoms with van der Waals surface area (Å²) >= 11 is 6.35. The summed E-state index contributed by atoms with van der Waals surface area (Å²) in [7, 11) is 4.46. The second-order valence-electron chi connectivity index (χ2n) is 15.6. The van der Waals surface area contributed by atoms with Crippen LogP contribution in [-0.4, -0.2) is 87.3 Å². The first-order valence-corrected chi connectivity index (χ1v) is 19.8. The van der Waals surface area contributed by atoms with Crippen molar-refractivity contribution in [2.24, 2.45) is 0 Å². The van der Waals surface area contributed by atoms with Crippen LogP contribution in [0, 0.1) is 20.8 Å². The number of likely N-dealkylation sites (tertiary alicyclic amines) is 2. The summed E-state index contributed by atoms with van der Waals surface area (Å²) in [6.45, 7) is 13.9. The second kappa shape index (κ2) is 19.7. The molecular weight excluding hydrogens is 680 g/mol. The minimum Gasteiger partial charge on any atom is -0.508 e. The third-order valence-corrected chi connectivity index (χ3v) is 11.5. The molecule has 2 aliphatic rings. The van der Waals surface area contributed by atoms with Gasteiger partial charge in [-0.1, -0.05) is 71.8 Å². The zero-order chi connectivity index (χ0) is 37.9. The van der Waals surface area contributed by atoms with Crippen molar-refractivity contribution >= 4 is 11.6 Å². The number of hydrogen-bond donors (Lipinski definition) is 3. The van der Waals surface area contributed by atoms with Gasteiger partial charge in [-0.05, 0) is 144 Å². The first kappa shape index (κ1) is 40.6. The van der Waals surface area contributed by atoms with Gasteiger partial charge in [-0.15, -0.1) is 0 Å². The summed E-state index contributed by atoms with van der Waals surface area (Å²) in [5.74, 6) is 0.932. The van der Waals surface area contributed by atoms with Crippen LogP contribution in [-0.2, 0) is 26.2 Å². The molecule has 0 bridgehead atoms. The van der Waals surface area contributed by atoms with Crippen LogP contribution in [0.15, 0.2) is 78.9 Å². The molecule has 0 aromatic heterocycles. The van der Waals surface area contributed by atoms with Crippen molar-refractivity contribution in [1.82, 2.24) is 19.6 Å². The molecule has 286 valence electrons. The Morgan fingerprint density at radius 2 is 1.17 bits per heavy atom. The van der Waals surface area contributed by atoms with E-state index in [1.165, 1.54) is 61.9 Å². The number of phenols is 3. The first-order valence-electron chi connectivity index (χ1n) is 19.4. The Balaban J connectivity index is 0.000000204. The van der Waals surface area contributed by atoms with Gasteiger partial charge in [0, 0.05) is 56.4 Å². The monoisotopic (exact) mass is 740 g/mol. The van der Waals surface area contributed by atoms with Crippen molar-refractivity contribution in [2.45, 2.75) is 97.6 Å². The minimum absolute atomic E-state index is 0.219. The van der Waals surface area contributed by atoms with Crippen LogP contribution in [0.5, 0.6) is 17.2 Å². The van der Waals surface area contributed by atoms with Gasteiger partial charge in [0.05, 0.1) is 0 Å². The summed E-state index contributed by atoms with van der Waals surface area (Å²) in [6, 6.07) is 27.1. The molecule has 4 aromatic carbocycles. The highest BCUT2D eigenvalue weighted by atomic mass is 35.5. The van der Waals surface area contributed by atoms with Crippen LogP contribution in [0.1, 0.15) is 77.5 Å². The Kier molecular flexibility index (Phi) is 15.1. The molecule has 0 aliphatic carbocycles. The average Bonchev–Trinajstić information content (AvgIpc) is 3.73. The van der Waals surface area contributed by atoms with Crippen LogP contribution < -0.4 is 0 Å². The molecule has 0 saturated carbocycles. The molecule has 7 nitrogen and oxygen atoms in total. The number of aromatic hydroxyl groups is 3. The van der Waals surface area contributed by atoms with Crippen molar-refractivity contribution in [1.29, 1.82) is 0 Å². The van der Waals surface area contributed by atoms with E-state index >= 15 is 0 Å². The molecule has 3 N–H and O–H groups in total. The normalized spacial score (nSPS) is 17.8. The summed E-state index contributed by atoms with van der Waals surface area (Å²) in [6.07, 6.45) is 7.53. The topological polar surface area (TPSA) is 73.7 Å². The highest BCUT2D eigenvalue weighted by molar-refractivity contribution is 6.31. The third kappa shape index (κ3) is 12.5. The fraction of sp³-hybridized carbons (Fsp3) is 0.467. The van der Waals surface area contributed by atoms with Gasteiger partial charge >= 0.3 is 0 Å². The van der Waals surface area contributed by atoms with Gasteiger partial charge < -0.3 is 25.1 Å². The molecule has 0 radical (unpaired) electrons. The summed E-state index contributed by atoms with van der Waals surface area (Å²) in [4.78, 5) is 9.88. The van der Waals surface area contributed by atoms with Gasteiger partial charge in [0.2, 0.25) is 0 Å². The maximum atomic E-state index is 10.1. The molecule has 8 heteroatoms. The molecule has 2 aliphatic heterocycles. The summed E-state index contributed by atoms with van der Waals surface area (Å²) in [5.41, 5.74) is 7.89. The highest BCUT2D eigenvalue weighted by Gasteiger charge is 2.23. The lowest BCUT2D eigenvalue weighted by atomic mass is 10.0. The molecule has 0 amide bonds. The third-order valence-electron chi connectivity index (χ3n) is 11.1. The number of aryl methyl sites for hydroxylation is 3. The van der Waals surface area contributed by atoms with Gasteiger partial charge in [-0.25, -0.2) is 0 Å². The number of nitrogens with zero attached hydrogens (tertiary/aromatic N) is 4. The molecule has 2 heterocycles. The molecule has 2 atom stereocenters. The van der Waals surface area contributed by atoms with Crippen LogP contribution in [0.25, 0.3) is 0 Å². The van der Waals surface area contributed by atoms with Crippen LogP contribution in [0.2, 0.25) is 5.02 Å². The zero-order valence-electron chi connectivity index (χ0n) is 32.6. The van der Waals surface area contributed by atoms with E-state index in [1.807, 2.05) is 32.0 Å². The number of phenolic OH excluding ortho intramolecular Hbond substituents is 3.